The topological polar surface area (TPSA) is 58.2 Å². The molecule has 1 aliphatic rings. The van der Waals surface area contributed by atoms with Crippen LogP contribution in [0.25, 0.3) is 10.9 Å². The Morgan fingerprint density at radius 3 is 2.48 bits per heavy atom. The summed E-state index contributed by atoms with van der Waals surface area (Å²) in [7, 11) is 1.91. The Labute approximate surface area is 191 Å². The Bertz CT molecular complexity index is 1060. The molecule has 0 bridgehead atoms. The van der Waals surface area contributed by atoms with Gasteiger partial charge in [0.2, 0.25) is 0 Å². The number of fused-ring (bicyclic) bond motifs is 1. The molecule has 0 radical (unpaired) electrons. The molecule has 33 heavy (non-hydrogen) atoms. The van der Waals surface area contributed by atoms with Crippen LogP contribution in [-0.2, 0) is 6.54 Å². The van der Waals surface area contributed by atoms with Crippen LogP contribution in [0.5, 0.6) is 5.75 Å². The summed E-state index contributed by atoms with van der Waals surface area (Å²) in [4.78, 5) is 4.76. The molecule has 0 saturated heterocycles. The predicted molar refractivity (Wildman–Crippen MR) is 125 cm³/mol. The minimum absolute atomic E-state index is 0.144. The molecule has 0 amide bonds. The minimum atomic E-state index is -4.69. The van der Waals surface area contributed by atoms with E-state index in [1.807, 2.05) is 25.2 Å². The first-order valence-electron chi connectivity index (χ1n) is 11.3. The van der Waals surface area contributed by atoms with Crippen LogP contribution in [0.4, 0.5) is 24.7 Å². The van der Waals surface area contributed by atoms with Gasteiger partial charge >= 0.3 is 6.36 Å². The van der Waals surface area contributed by atoms with Gasteiger partial charge in [0.1, 0.15) is 11.6 Å². The Hall–Kier alpha value is -3.00. The number of aromatic nitrogens is 1. The molecule has 0 unspecified atom stereocenters. The predicted octanol–water partition coefficient (Wildman–Crippen LogP) is 5.94. The zero-order valence-electron chi connectivity index (χ0n) is 18.6. The van der Waals surface area contributed by atoms with Crippen LogP contribution >= 0.6 is 0 Å². The molecule has 0 spiro atoms. The second-order valence-electron chi connectivity index (χ2n) is 8.47. The molecule has 8 heteroatoms. The van der Waals surface area contributed by atoms with Crippen LogP contribution in [-0.4, -0.2) is 31.0 Å². The van der Waals surface area contributed by atoms with Gasteiger partial charge in [-0.3, -0.25) is 0 Å². The van der Waals surface area contributed by atoms with Crippen LogP contribution < -0.4 is 20.7 Å². The highest BCUT2D eigenvalue weighted by Gasteiger charge is 2.32. The number of anilines is 2. The first-order chi connectivity index (χ1) is 15.9. The van der Waals surface area contributed by atoms with Crippen molar-refractivity contribution in [1.82, 2.24) is 10.3 Å². The second-order valence-corrected chi connectivity index (χ2v) is 8.47. The van der Waals surface area contributed by atoms with Crippen molar-refractivity contribution in [3.63, 3.8) is 0 Å². The molecule has 1 aliphatic carbocycles. The van der Waals surface area contributed by atoms with Gasteiger partial charge in [-0.25, -0.2) is 4.98 Å². The Balaban J connectivity index is 1.26. The Morgan fingerprint density at radius 2 is 1.73 bits per heavy atom. The van der Waals surface area contributed by atoms with E-state index in [1.54, 1.807) is 18.2 Å². The number of para-hydroxylation sites is 2. The molecule has 1 aromatic heterocycles. The molecular weight excluding hydrogens is 429 g/mol. The smallest absolute Gasteiger partial charge is 0.405 e. The lowest BCUT2D eigenvalue weighted by Crippen LogP contribution is -2.31. The molecule has 1 saturated carbocycles. The van der Waals surface area contributed by atoms with Crippen molar-refractivity contribution in [3.05, 3.63) is 60.2 Å². The highest BCUT2D eigenvalue weighted by atomic mass is 19.4. The maximum Gasteiger partial charge on any atom is 0.573 e. The maximum atomic E-state index is 12.6. The van der Waals surface area contributed by atoms with E-state index in [4.69, 9.17) is 4.98 Å². The van der Waals surface area contributed by atoms with Gasteiger partial charge in [0, 0.05) is 42.3 Å². The third-order valence-corrected chi connectivity index (χ3v) is 6.13. The second kappa shape index (κ2) is 10.3. The normalized spacial score (nSPS) is 18.8. The average Bonchev–Trinajstić information content (AvgIpc) is 2.80. The molecule has 0 aliphatic heterocycles. The summed E-state index contributed by atoms with van der Waals surface area (Å²) in [5.41, 5.74) is 2.52. The third-order valence-electron chi connectivity index (χ3n) is 6.13. The molecular formula is C25H29F3N4O. The number of hydrogen-bond acceptors (Lipinski definition) is 5. The molecule has 5 nitrogen and oxygen atoms in total. The van der Waals surface area contributed by atoms with Gasteiger partial charge in [-0.05, 0) is 50.3 Å². The molecule has 4 rings (SSSR count). The summed E-state index contributed by atoms with van der Waals surface area (Å²) in [6.07, 6.45) is -0.516. The lowest BCUT2D eigenvalue weighted by molar-refractivity contribution is -0.274. The summed E-state index contributed by atoms with van der Waals surface area (Å²) in [5.74, 6) is 1.23. The van der Waals surface area contributed by atoms with Crippen LogP contribution in [0, 0.1) is 5.92 Å². The van der Waals surface area contributed by atoms with Crippen LogP contribution in [0.3, 0.4) is 0 Å². The zero-order chi connectivity index (χ0) is 23.3. The summed E-state index contributed by atoms with van der Waals surface area (Å²) in [6, 6.07) is 16.8. The quantitative estimate of drug-likeness (QED) is 0.390. The largest absolute Gasteiger partial charge is 0.573 e. The first-order valence-corrected chi connectivity index (χ1v) is 11.3. The van der Waals surface area contributed by atoms with Crippen molar-refractivity contribution in [1.29, 1.82) is 0 Å². The fourth-order valence-corrected chi connectivity index (χ4v) is 4.46. The third kappa shape index (κ3) is 6.28. The Morgan fingerprint density at radius 1 is 1.00 bits per heavy atom. The number of rotatable bonds is 8. The highest BCUT2D eigenvalue weighted by Crippen LogP contribution is 2.30. The molecule has 176 valence electrons. The van der Waals surface area contributed by atoms with Crippen molar-refractivity contribution in [3.8, 4) is 5.75 Å². The number of halogens is 3. The van der Waals surface area contributed by atoms with Gasteiger partial charge in [-0.15, -0.1) is 13.2 Å². The van der Waals surface area contributed by atoms with E-state index >= 15 is 0 Å². The van der Waals surface area contributed by atoms with E-state index in [2.05, 4.69) is 32.8 Å². The summed E-state index contributed by atoms with van der Waals surface area (Å²) >= 11 is 0. The summed E-state index contributed by atoms with van der Waals surface area (Å²) in [5, 5.41) is 11.2. The number of nitrogens with one attached hydrogen (secondary N) is 3. The number of alkyl halides is 3. The van der Waals surface area contributed by atoms with E-state index in [1.165, 1.54) is 6.07 Å². The lowest BCUT2D eigenvalue weighted by atomic mass is 9.86. The van der Waals surface area contributed by atoms with Crippen molar-refractivity contribution >= 4 is 22.4 Å². The minimum Gasteiger partial charge on any atom is -0.405 e. The van der Waals surface area contributed by atoms with Crippen LogP contribution in [0.15, 0.2) is 54.6 Å². The first kappa shape index (κ1) is 23.2. The van der Waals surface area contributed by atoms with Crippen molar-refractivity contribution in [2.24, 2.45) is 5.92 Å². The molecule has 0 atom stereocenters. The lowest BCUT2D eigenvalue weighted by Gasteiger charge is -2.30. The fourth-order valence-electron chi connectivity index (χ4n) is 4.46. The zero-order valence-corrected chi connectivity index (χ0v) is 18.6. The van der Waals surface area contributed by atoms with E-state index in [9.17, 15) is 13.2 Å². The maximum absolute atomic E-state index is 12.6. The summed E-state index contributed by atoms with van der Waals surface area (Å²) < 4.78 is 41.9. The van der Waals surface area contributed by atoms with E-state index in [0.717, 1.165) is 54.6 Å². The Kier molecular flexibility index (Phi) is 7.23. The standard InChI is InChI=1S/C25H29F3N4O/c1-29-22-14-24(32-21-8-4-3-7-20(21)22)31-19-12-10-17(11-13-19)15-30-16-18-6-2-5-9-23(18)33-25(26,27)28/h2-9,14,17,19,30H,10-13,15-16H2,1H3,(H2,29,31,32). The monoisotopic (exact) mass is 458 g/mol. The van der Waals surface area contributed by atoms with Gasteiger partial charge in [0.25, 0.3) is 0 Å². The summed E-state index contributed by atoms with van der Waals surface area (Å²) in [6.45, 7) is 1.11. The van der Waals surface area contributed by atoms with Gasteiger partial charge < -0.3 is 20.7 Å². The van der Waals surface area contributed by atoms with Crippen LogP contribution in [0.2, 0.25) is 0 Å². The number of nitrogens with zero attached hydrogens (tertiary/aromatic N) is 1. The fraction of sp³-hybridized carbons (Fsp3) is 0.400. The number of benzene rings is 2. The van der Waals surface area contributed by atoms with E-state index in [-0.39, 0.29) is 5.75 Å². The van der Waals surface area contributed by atoms with Gasteiger partial charge in [-0.1, -0.05) is 36.4 Å². The number of hydrogen-bond donors (Lipinski definition) is 3. The van der Waals surface area contributed by atoms with E-state index in [0.29, 0.717) is 24.1 Å². The van der Waals surface area contributed by atoms with Crippen molar-refractivity contribution < 1.29 is 17.9 Å². The number of pyridine rings is 1. The average molecular weight is 459 g/mol. The highest BCUT2D eigenvalue weighted by molar-refractivity contribution is 5.92. The number of ether oxygens (including phenoxy) is 1. The molecule has 1 fully saturated rings. The SMILES string of the molecule is CNc1cc(NC2CCC(CNCc3ccccc3OC(F)(F)F)CC2)nc2ccccc12. The van der Waals surface area contributed by atoms with Crippen molar-refractivity contribution in [2.75, 3.05) is 24.2 Å². The van der Waals surface area contributed by atoms with Gasteiger partial charge in [0.05, 0.1) is 5.52 Å². The molecule has 3 N–H and O–H groups in total. The van der Waals surface area contributed by atoms with Crippen molar-refractivity contribution in [2.45, 2.75) is 44.6 Å². The van der Waals surface area contributed by atoms with Crippen LogP contribution in [0.1, 0.15) is 31.2 Å². The van der Waals surface area contributed by atoms with Gasteiger partial charge in [-0.2, -0.15) is 0 Å². The molecule has 3 aromatic rings. The molecule has 1 heterocycles. The molecule has 2 aromatic carbocycles. The van der Waals surface area contributed by atoms with E-state index < -0.39 is 6.36 Å². The van der Waals surface area contributed by atoms with Gasteiger partial charge in [0.15, 0.2) is 0 Å².